The molecule has 0 saturated carbocycles. The summed E-state index contributed by atoms with van der Waals surface area (Å²) < 4.78 is 6.55. The van der Waals surface area contributed by atoms with Crippen molar-refractivity contribution in [1.29, 1.82) is 0 Å². The van der Waals surface area contributed by atoms with E-state index in [1.807, 2.05) is 29.2 Å². The largest absolute Gasteiger partial charge is 0.493 e. The van der Waals surface area contributed by atoms with E-state index in [1.54, 1.807) is 23.1 Å². The molecule has 1 heterocycles. The highest BCUT2D eigenvalue weighted by atomic mass is 79.9. The Morgan fingerprint density at radius 3 is 2.56 bits per heavy atom. The van der Waals surface area contributed by atoms with Crippen molar-refractivity contribution in [3.05, 3.63) is 63.1 Å². The van der Waals surface area contributed by atoms with Crippen LogP contribution in [-0.4, -0.2) is 48.5 Å². The molecule has 8 heteroatoms. The molecule has 142 valence electrons. The number of hydrogen-bond acceptors (Lipinski definition) is 5. The van der Waals surface area contributed by atoms with Gasteiger partial charge in [-0.2, -0.15) is 0 Å². The van der Waals surface area contributed by atoms with Gasteiger partial charge in [0.1, 0.15) is 11.4 Å². The van der Waals surface area contributed by atoms with Crippen LogP contribution in [0, 0.1) is 10.1 Å². The number of para-hydroxylation sites is 2. The van der Waals surface area contributed by atoms with Gasteiger partial charge in [-0.1, -0.05) is 34.1 Å². The zero-order chi connectivity index (χ0) is 19.2. The summed E-state index contributed by atoms with van der Waals surface area (Å²) in [6, 6.07) is 14.2. The van der Waals surface area contributed by atoms with Crippen LogP contribution >= 0.6 is 15.9 Å². The summed E-state index contributed by atoms with van der Waals surface area (Å²) in [6.07, 6.45) is 0.304. The second-order valence-corrected chi connectivity index (χ2v) is 7.09. The number of piperazine rings is 1. The predicted octanol–water partition coefficient (Wildman–Crippen LogP) is 3.48. The molecule has 27 heavy (non-hydrogen) atoms. The summed E-state index contributed by atoms with van der Waals surface area (Å²) in [7, 11) is 0. The van der Waals surface area contributed by atoms with Crippen molar-refractivity contribution in [2.45, 2.75) is 6.42 Å². The number of rotatable bonds is 6. The number of ether oxygens (including phenoxy) is 1. The van der Waals surface area contributed by atoms with Gasteiger partial charge in [-0.25, -0.2) is 0 Å². The molecule has 1 saturated heterocycles. The summed E-state index contributed by atoms with van der Waals surface area (Å²) in [5.74, 6) is 0.755. The Balaban J connectivity index is 1.49. The average molecular weight is 434 g/mol. The molecule has 0 N–H and O–H groups in total. The topological polar surface area (TPSA) is 75.9 Å². The number of carbonyl (C=O) groups excluding carboxylic acids is 1. The first-order valence-corrected chi connectivity index (χ1v) is 9.48. The van der Waals surface area contributed by atoms with Gasteiger partial charge < -0.3 is 14.5 Å². The highest BCUT2D eigenvalue weighted by molar-refractivity contribution is 9.10. The Morgan fingerprint density at radius 2 is 1.85 bits per heavy atom. The number of amides is 1. The van der Waals surface area contributed by atoms with E-state index in [1.165, 1.54) is 6.07 Å². The first-order valence-electron chi connectivity index (χ1n) is 8.69. The van der Waals surface area contributed by atoms with Gasteiger partial charge in [0.05, 0.1) is 18.0 Å². The zero-order valence-electron chi connectivity index (χ0n) is 14.7. The summed E-state index contributed by atoms with van der Waals surface area (Å²) in [6.45, 7) is 2.55. The molecule has 1 amide bonds. The molecule has 0 unspecified atom stereocenters. The number of anilines is 1. The maximum atomic E-state index is 12.4. The van der Waals surface area contributed by atoms with Crippen molar-refractivity contribution in [3.63, 3.8) is 0 Å². The minimum absolute atomic E-state index is 0.0345. The molecule has 2 aromatic rings. The SMILES string of the molecule is O=C(CCOc1cccc(Br)c1)N1CCN(c2ccccc2[N+](=O)[O-])CC1. The minimum Gasteiger partial charge on any atom is -0.493 e. The van der Waals surface area contributed by atoms with Crippen LogP contribution in [0.25, 0.3) is 0 Å². The highest BCUT2D eigenvalue weighted by Crippen LogP contribution is 2.28. The maximum absolute atomic E-state index is 12.4. The third-order valence-corrected chi connectivity index (χ3v) is 4.93. The standard InChI is InChI=1S/C19H20BrN3O4/c20-15-4-3-5-16(14-15)27-13-8-19(24)22-11-9-21(10-12-22)17-6-1-2-7-18(17)23(25)26/h1-7,14H,8-13H2. The number of carbonyl (C=O) groups is 1. The number of benzene rings is 2. The number of nitro groups is 1. The fourth-order valence-electron chi connectivity index (χ4n) is 3.05. The first kappa shape index (κ1) is 19.2. The van der Waals surface area contributed by atoms with E-state index in [9.17, 15) is 14.9 Å². The van der Waals surface area contributed by atoms with Crippen LogP contribution in [0.4, 0.5) is 11.4 Å². The monoisotopic (exact) mass is 433 g/mol. The molecule has 0 aromatic heterocycles. The van der Waals surface area contributed by atoms with E-state index in [-0.39, 0.29) is 16.5 Å². The molecule has 0 spiro atoms. The Bertz CT molecular complexity index is 822. The maximum Gasteiger partial charge on any atom is 0.292 e. The Hall–Kier alpha value is -2.61. The smallest absolute Gasteiger partial charge is 0.292 e. The summed E-state index contributed by atoms with van der Waals surface area (Å²) >= 11 is 3.38. The van der Waals surface area contributed by atoms with Crippen molar-refractivity contribution in [3.8, 4) is 5.75 Å². The Kier molecular flexibility index (Phi) is 6.28. The van der Waals surface area contributed by atoms with Crippen LogP contribution in [-0.2, 0) is 4.79 Å². The summed E-state index contributed by atoms with van der Waals surface area (Å²) in [5.41, 5.74) is 0.701. The van der Waals surface area contributed by atoms with E-state index < -0.39 is 0 Å². The highest BCUT2D eigenvalue weighted by Gasteiger charge is 2.25. The lowest BCUT2D eigenvalue weighted by Gasteiger charge is -2.35. The lowest BCUT2D eigenvalue weighted by molar-refractivity contribution is -0.384. The van der Waals surface area contributed by atoms with Crippen LogP contribution < -0.4 is 9.64 Å². The first-order chi connectivity index (χ1) is 13.0. The van der Waals surface area contributed by atoms with Gasteiger partial charge in [0.25, 0.3) is 5.69 Å². The third-order valence-electron chi connectivity index (χ3n) is 4.43. The van der Waals surface area contributed by atoms with Gasteiger partial charge in [0, 0.05) is 36.7 Å². The zero-order valence-corrected chi connectivity index (χ0v) is 16.3. The number of nitro benzene ring substituents is 1. The van der Waals surface area contributed by atoms with Gasteiger partial charge in [-0.05, 0) is 24.3 Å². The molecule has 1 aliphatic heterocycles. The lowest BCUT2D eigenvalue weighted by Crippen LogP contribution is -2.49. The fourth-order valence-corrected chi connectivity index (χ4v) is 3.43. The third kappa shape index (κ3) is 4.97. The van der Waals surface area contributed by atoms with Crippen molar-refractivity contribution in [2.75, 3.05) is 37.7 Å². The van der Waals surface area contributed by atoms with Crippen LogP contribution in [0.5, 0.6) is 5.75 Å². The number of nitrogens with zero attached hydrogens (tertiary/aromatic N) is 3. The van der Waals surface area contributed by atoms with Crippen LogP contribution in [0.2, 0.25) is 0 Å². The van der Waals surface area contributed by atoms with Crippen molar-refractivity contribution < 1.29 is 14.5 Å². The average Bonchev–Trinajstić information content (AvgIpc) is 2.68. The van der Waals surface area contributed by atoms with Crippen molar-refractivity contribution in [1.82, 2.24) is 4.90 Å². The van der Waals surface area contributed by atoms with E-state index in [4.69, 9.17) is 4.74 Å². The lowest BCUT2D eigenvalue weighted by atomic mass is 10.2. The summed E-state index contributed by atoms with van der Waals surface area (Å²) in [5, 5.41) is 11.2. The molecular weight excluding hydrogens is 414 g/mol. The molecule has 0 bridgehead atoms. The van der Waals surface area contributed by atoms with E-state index in [2.05, 4.69) is 15.9 Å². The summed E-state index contributed by atoms with van der Waals surface area (Å²) in [4.78, 5) is 27.0. The molecule has 1 fully saturated rings. The number of hydrogen-bond donors (Lipinski definition) is 0. The molecule has 0 radical (unpaired) electrons. The Morgan fingerprint density at radius 1 is 1.11 bits per heavy atom. The molecule has 1 aliphatic rings. The van der Waals surface area contributed by atoms with Crippen LogP contribution in [0.1, 0.15) is 6.42 Å². The van der Waals surface area contributed by atoms with Gasteiger partial charge >= 0.3 is 0 Å². The van der Waals surface area contributed by atoms with E-state index in [0.717, 1.165) is 10.2 Å². The molecule has 3 rings (SSSR count). The second-order valence-electron chi connectivity index (χ2n) is 6.17. The van der Waals surface area contributed by atoms with Gasteiger partial charge in [-0.3, -0.25) is 14.9 Å². The fraction of sp³-hybridized carbons (Fsp3) is 0.316. The number of halogens is 1. The second kappa shape index (κ2) is 8.85. The normalized spacial score (nSPS) is 14.1. The van der Waals surface area contributed by atoms with Crippen molar-refractivity contribution >= 4 is 33.2 Å². The van der Waals surface area contributed by atoms with Gasteiger partial charge in [0.15, 0.2) is 0 Å². The van der Waals surface area contributed by atoms with E-state index in [0.29, 0.717) is 44.9 Å². The molecule has 2 aromatic carbocycles. The molecule has 0 atom stereocenters. The van der Waals surface area contributed by atoms with Crippen LogP contribution in [0.3, 0.4) is 0 Å². The molecule has 7 nitrogen and oxygen atoms in total. The van der Waals surface area contributed by atoms with Gasteiger partial charge in [0.2, 0.25) is 5.91 Å². The Labute approximate surface area is 165 Å². The van der Waals surface area contributed by atoms with E-state index >= 15 is 0 Å². The molecule has 0 aliphatic carbocycles. The quantitative estimate of drug-likeness (QED) is 0.514. The van der Waals surface area contributed by atoms with Gasteiger partial charge in [-0.15, -0.1) is 0 Å². The minimum atomic E-state index is -0.369. The van der Waals surface area contributed by atoms with Crippen molar-refractivity contribution in [2.24, 2.45) is 0 Å². The molecular formula is C19H20BrN3O4. The predicted molar refractivity (Wildman–Crippen MR) is 106 cm³/mol. The van der Waals surface area contributed by atoms with Crippen LogP contribution in [0.15, 0.2) is 53.0 Å².